The number of hydrogen-bond donors (Lipinski definition) is 0. The third-order valence-electron chi connectivity index (χ3n) is 2.17. The summed E-state index contributed by atoms with van der Waals surface area (Å²) in [6.45, 7) is 0. The van der Waals surface area contributed by atoms with Crippen molar-refractivity contribution in [3.63, 3.8) is 0 Å². The largest absolute Gasteiger partial charge is 0.465 e. The number of benzene rings is 1. The van der Waals surface area contributed by atoms with Gasteiger partial charge in [-0.1, -0.05) is 29.8 Å². The van der Waals surface area contributed by atoms with E-state index in [1.807, 2.05) is 24.3 Å². The lowest BCUT2D eigenvalue weighted by atomic mass is 10.1. The van der Waals surface area contributed by atoms with Crippen LogP contribution in [0.1, 0.15) is 10.4 Å². The smallest absolute Gasteiger partial charge is 0.342 e. The minimum atomic E-state index is -0.505. The molecular formula is C11H7BrClNO2. The maximum atomic E-state index is 11.5. The molecule has 0 amide bonds. The van der Waals surface area contributed by atoms with Crippen molar-refractivity contribution in [2.75, 3.05) is 7.11 Å². The Kier molecular flexibility index (Phi) is 3.12. The molecule has 0 aliphatic heterocycles. The highest BCUT2D eigenvalue weighted by Crippen LogP contribution is 2.31. The highest BCUT2D eigenvalue weighted by atomic mass is 79.9. The second-order valence-electron chi connectivity index (χ2n) is 3.10. The van der Waals surface area contributed by atoms with E-state index < -0.39 is 5.97 Å². The Morgan fingerprint density at radius 2 is 2.12 bits per heavy atom. The van der Waals surface area contributed by atoms with Gasteiger partial charge in [0.1, 0.15) is 10.2 Å². The predicted molar refractivity (Wildman–Crippen MR) is 65.8 cm³/mol. The number of hydrogen-bond acceptors (Lipinski definition) is 3. The average molecular weight is 301 g/mol. The van der Waals surface area contributed by atoms with Crippen molar-refractivity contribution in [1.29, 1.82) is 0 Å². The van der Waals surface area contributed by atoms with Gasteiger partial charge in [-0.05, 0) is 22.0 Å². The van der Waals surface area contributed by atoms with Gasteiger partial charge in [0, 0.05) is 5.39 Å². The van der Waals surface area contributed by atoms with Crippen molar-refractivity contribution < 1.29 is 9.53 Å². The minimum Gasteiger partial charge on any atom is -0.465 e. The molecule has 16 heavy (non-hydrogen) atoms. The minimum absolute atomic E-state index is 0.253. The number of esters is 1. The van der Waals surface area contributed by atoms with E-state index in [2.05, 4.69) is 25.7 Å². The van der Waals surface area contributed by atoms with Crippen molar-refractivity contribution in [3.8, 4) is 0 Å². The van der Waals surface area contributed by atoms with E-state index in [0.717, 1.165) is 10.9 Å². The molecule has 0 saturated heterocycles. The number of carbonyl (C=O) groups is 1. The van der Waals surface area contributed by atoms with Gasteiger partial charge in [0.05, 0.1) is 17.6 Å². The summed E-state index contributed by atoms with van der Waals surface area (Å²) in [4.78, 5) is 15.8. The molecule has 3 nitrogen and oxygen atoms in total. The Balaban J connectivity index is 2.80. The van der Waals surface area contributed by atoms with Crippen LogP contribution in [-0.4, -0.2) is 18.1 Å². The summed E-state index contributed by atoms with van der Waals surface area (Å²) in [5.74, 6) is -0.505. The molecule has 5 heteroatoms. The molecule has 0 unspecified atom stereocenters. The number of halogens is 2. The van der Waals surface area contributed by atoms with E-state index in [4.69, 9.17) is 11.6 Å². The van der Waals surface area contributed by atoms with Crippen LogP contribution in [-0.2, 0) is 4.74 Å². The summed E-state index contributed by atoms with van der Waals surface area (Å²) in [6, 6.07) is 7.33. The quantitative estimate of drug-likeness (QED) is 0.598. The normalized spacial score (nSPS) is 10.4. The standard InChI is InChI=1S/C11H7BrClNO2/c1-16-11(15)8-9(13)6-4-2-3-5-7(6)14-10(8)12/h2-5H,1H3. The molecule has 0 atom stereocenters. The van der Waals surface area contributed by atoms with Gasteiger partial charge >= 0.3 is 5.97 Å². The highest BCUT2D eigenvalue weighted by Gasteiger charge is 2.18. The number of methoxy groups -OCH3 is 1. The Labute approximate surface area is 106 Å². The molecule has 0 spiro atoms. The highest BCUT2D eigenvalue weighted by molar-refractivity contribution is 9.10. The second-order valence-corrected chi connectivity index (χ2v) is 4.23. The molecule has 0 fully saturated rings. The molecule has 0 radical (unpaired) electrons. The Morgan fingerprint density at radius 3 is 2.81 bits per heavy atom. The number of carbonyl (C=O) groups excluding carboxylic acids is 1. The van der Waals surface area contributed by atoms with Crippen LogP contribution in [0.3, 0.4) is 0 Å². The topological polar surface area (TPSA) is 39.2 Å². The van der Waals surface area contributed by atoms with Gasteiger partial charge in [0.25, 0.3) is 0 Å². The second kappa shape index (κ2) is 4.39. The zero-order valence-electron chi connectivity index (χ0n) is 8.33. The lowest BCUT2D eigenvalue weighted by Gasteiger charge is -2.07. The van der Waals surface area contributed by atoms with E-state index in [1.165, 1.54) is 7.11 Å². The first-order valence-electron chi connectivity index (χ1n) is 4.47. The van der Waals surface area contributed by atoms with Crippen molar-refractivity contribution in [2.24, 2.45) is 0 Å². The Morgan fingerprint density at radius 1 is 1.44 bits per heavy atom. The zero-order chi connectivity index (χ0) is 11.7. The molecule has 2 aromatic rings. The number of rotatable bonds is 1. The van der Waals surface area contributed by atoms with Crippen LogP contribution in [0, 0.1) is 0 Å². The van der Waals surface area contributed by atoms with Crippen LogP contribution in [0.2, 0.25) is 5.02 Å². The number of para-hydroxylation sites is 1. The number of ether oxygens (including phenoxy) is 1. The predicted octanol–water partition coefficient (Wildman–Crippen LogP) is 3.44. The number of pyridine rings is 1. The summed E-state index contributed by atoms with van der Waals surface area (Å²) < 4.78 is 5.05. The fourth-order valence-electron chi connectivity index (χ4n) is 1.42. The summed E-state index contributed by atoms with van der Waals surface area (Å²) in [5, 5.41) is 1.08. The molecule has 1 heterocycles. The van der Waals surface area contributed by atoms with E-state index >= 15 is 0 Å². The number of aromatic nitrogens is 1. The maximum Gasteiger partial charge on any atom is 0.342 e. The first-order chi connectivity index (χ1) is 7.65. The number of nitrogens with zero attached hydrogens (tertiary/aromatic N) is 1. The van der Waals surface area contributed by atoms with Crippen LogP contribution in [0.25, 0.3) is 10.9 Å². The van der Waals surface area contributed by atoms with Crippen LogP contribution >= 0.6 is 27.5 Å². The molecule has 0 saturated carbocycles. The maximum absolute atomic E-state index is 11.5. The summed E-state index contributed by atoms with van der Waals surface area (Å²) in [7, 11) is 1.31. The SMILES string of the molecule is COC(=O)c1c(Br)nc2ccccc2c1Cl. The van der Waals surface area contributed by atoms with Gasteiger partial charge in [-0.15, -0.1) is 0 Å². The molecular weight excluding hydrogens is 293 g/mol. The van der Waals surface area contributed by atoms with Crippen molar-refractivity contribution in [1.82, 2.24) is 4.98 Å². The van der Waals surface area contributed by atoms with Crippen molar-refractivity contribution in [2.45, 2.75) is 0 Å². The fraction of sp³-hybridized carbons (Fsp3) is 0.0909. The van der Waals surface area contributed by atoms with Crippen LogP contribution in [0.5, 0.6) is 0 Å². The molecule has 0 bridgehead atoms. The van der Waals surface area contributed by atoms with E-state index in [9.17, 15) is 4.79 Å². The van der Waals surface area contributed by atoms with Gasteiger partial charge in [-0.2, -0.15) is 0 Å². The van der Waals surface area contributed by atoms with E-state index in [0.29, 0.717) is 9.63 Å². The molecule has 0 aliphatic carbocycles. The van der Waals surface area contributed by atoms with Crippen molar-refractivity contribution in [3.05, 3.63) is 39.5 Å². The Bertz CT molecular complexity index is 571. The fourth-order valence-corrected chi connectivity index (χ4v) is 2.41. The summed E-state index contributed by atoms with van der Waals surface area (Å²) >= 11 is 9.36. The zero-order valence-corrected chi connectivity index (χ0v) is 10.7. The number of fused-ring (bicyclic) bond motifs is 1. The molecule has 82 valence electrons. The van der Waals surface area contributed by atoms with Crippen LogP contribution in [0.15, 0.2) is 28.9 Å². The van der Waals surface area contributed by atoms with Gasteiger partial charge < -0.3 is 4.74 Å². The average Bonchev–Trinajstić information content (AvgIpc) is 2.28. The first kappa shape index (κ1) is 11.4. The van der Waals surface area contributed by atoms with Crippen LogP contribution < -0.4 is 0 Å². The lowest BCUT2D eigenvalue weighted by Crippen LogP contribution is -2.05. The monoisotopic (exact) mass is 299 g/mol. The Hall–Kier alpha value is -1.13. The van der Waals surface area contributed by atoms with Gasteiger partial charge in [0.15, 0.2) is 0 Å². The third kappa shape index (κ3) is 1.79. The molecule has 1 aromatic heterocycles. The molecule has 0 N–H and O–H groups in total. The van der Waals surface area contributed by atoms with Gasteiger partial charge in [0.2, 0.25) is 0 Å². The van der Waals surface area contributed by atoms with E-state index in [1.54, 1.807) is 0 Å². The lowest BCUT2D eigenvalue weighted by molar-refractivity contribution is 0.0599. The molecule has 2 rings (SSSR count). The summed E-state index contributed by atoms with van der Waals surface area (Å²) in [5.41, 5.74) is 0.981. The molecule has 0 aliphatic rings. The molecule has 1 aromatic carbocycles. The van der Waals surface area contributed by atoms with Gasteiger partial charge in [-0.3, -0.25) is 0 Å². The third-order valence-corrected chi connectivity index (χ3v) is 3.14. The van der Waals surface area contributed by atoms with Crippen LogP contribution in [0.4, 0.5) is 0 Å². The van der Waals surface area contributed by atoms with Gasteiger partial charge in [-0.25, -0.2) is 9.78 Å². The van der Waals surface area contributed by atoms with E-state index in [-0.39, 0.29) is 5.56 Å². The van der Waals surface area contributed by atoms with Crippen molar-refractivity contribution >= 4 is 44.4 Å². The first-order valence-corrected chi connectivity index (χ1v) is 5.64. The summed E-state index contributed by atoms with van der Waals surface area (Å²) in [6.07, 6.45) is 0.